The molecular formula is C42H40N2O10S2. The molecule has 0 amide bonds. The van der Waals surface area contributed by atoms with Gasteiger partial charge in [0.25, 0.3) is 0 Å². The maximum Gasteiger partial charge on any atom is 0.175 e. The van der Waals surface area contributed by atoms with E-state index in [2.05, 4.69) is 10.3 Å². The Morgan fingerprint density at radius 2 is 0.732 bits per heavy atom. The molecule has 7 rings (SSSR count). The molecule has 0 saturated heterocycles. The van der Waals surface area contributed by atoms with Gasteiger partial charge >= 0.3 is 0 Å². The van der Waals surface area contributed by atoms with Crippen LogP contribution < -0.4 is 18.9 Å². The fourth-order valence-corrected chi connectivity index (χ4v) is 10.7. The van der Waals surface area contributed by atoms with Crippen molar-refractivity contribution in [1.29, 1.82) is 0 Å². The number of methoxy groups -OCH3 is 4. The standard InChI is InChI=1S/C42H40N2O10S2/c1-49-33-17-5-27(6-18-33)25-55(45,46)41-37(29-13-21-35(51-3)22-14-29)43-53-39(41)31-9-11-32(12-10-31)40-42(38(44-54-40)30-15-23-36(52-4)24-16-30)56(47,48)26-28-7-19-34(50-2)20-8-28/h5-24,39-42H,25-26H2,1-4H3. The summed E-state index contributed by atoms with van der Waals surface area (Å²) in [7, 11) is -1.69. The molecule has 2 heterocycles. The first-order valence-corrected chi connectivity index (χ1v) is 21.0. The molecule has 0 saturated carbocycles. The number of hydrogen-bond acceptors (Lipinski definition) is 12. The second kappa shape index (κ2) is 16.1. The molecule has 5 aromatic rings. The highest BCUT2D eigenvalue weighted by atomic mass is 32.2. The van der Waals surface area contributed by atoms with Crippen LogP contribution in [0.4, 0.5) is 0 Å². The largest absolute Gasteiger partial charge is 0.497 e. The summed E-state index contributed by atoms with van der Waals surface area (Å²) in [5.41, 5.74) is 3.87. The first-order valence-electron chi connectivity index (χ1n) is 17.6. The number of sulfone groups is 2. The summed E-state index contributed by atoms with van der Waals surface area (Å²) >= 11 is 0. The molecule has 0 N–H and O–H groups in total. The van der Waals surface area contributed by atoms with Crippen LogP contribution >= 0.6 is 0 Å². The molecule has 2 aliphatic rings. The summed E-state index contributed by atoms with van der Waals surface area (Å²) in [5.74, 6) is 1.88. The second-order valence-electron chi connectivity index (χ2n) is 13.3. The number of nitrogens with zero attached hydrogens (tertiary/aromatic N) is 2. The van der Waals surface area contributed by atoms with Gasteiger partial charge < -0.3 is 28.6 Å². The van der Waals surface area contributed by atoms with Crippen LogP contribution in [-0.4, -0.2) is 67.2 Å². The lowest BCUT2D eigenvalue weighted by atomic mass is 9.96. The van der Waals surface area contributed by atoms with E-state index in [1.807, 2.05) is 0 Å². The molecule has 0 bridgehead atoms. The van der Waals surface area contributed by atoms with Crippen LogP contribution in [0.1, 0.15) is 45.6 Å². The number of hydrogen-bond donors (Lipinski definition) is 0. The lowest BCUT2D eigenvalue weighted by Gasteiger charge is -2.22. The molecule has 0 radical (unpaired) electrons. The van der Waals surface area contributed by atoms with Crippen molar-refractivity contribution in [2.75, 3.05) is 28.4 Å². The molecule has 14 heteroatoms. The van der Waals surface area contributed by atoms with Gasteiger partial charge in [-0.1, -0.05) is 58.8 Å². The SMILES string of the molecule is COc1ccc(CS(=O)(=O)C2C(c3ccc(OC)cc3)=NOC2c2ccc(C3ON=C(c4ccc(OC)cc4)C3S(=O)(=O)Cc3ccc(OC)cc3)cc2)cc1. The van der Waals surface area contributed by atoms with Gasteiger partial charge in [-0.2, -0.15) is 0 Å². The van der Waals surface area contributed by atoms with Crippen molar-refractivity contribution < 1.29 is 45.5 Å². The predicted molar refractivity (Wildman–Crippen MR) is 212 cm³/mol. The highest BCUT2D eigenvalue weighted by molar-refractivity contribution is 7.92. The summed E-state index contributed by atoms with van der Waals surface area (Å²) < 4.78 is 78.5. The maximum absolute atomic E-state index is 14.3. The fourth-order valence-electron chi connectivity index (χ4n) is 6.84. The van der Waals surface area contributed by atoms with E-state index < -0.39 is 42.4 Å². The lowest BCUT2D eigenvalue weighted by molar-refractivity contribution is 0.0845. The highest BCUT2D eigenvalue weighted by Gasteiger charge is 2.47. The van der Waals surface area contributed by atoms with Crippen molar-refractivity contribution in [2.45, 2.75) is 34.2 Å². The average Bonchev–Trinajstić information content (AvgIpc) is 3.89. The molecule has 12 nitrogen and oxygen atoms in total. The molecule has 56 heavy (non-hydrogen) atoms. The third kappa shape index (κ3) is 7.93. The maximum atomic E-state index is 14.3. The van der Waals surface area contributed by atoms with Crippen LogP contribution in [-0.2, 0) is 40.9 Å². The van der Waals surface area contributed by atoms with E-state index in [1.165, 1.54) is 0 Å². The van der Waals surface area contributed by atoms with Crippen molar-refractivity contribution in [3.05, 3.63) is 155 Å². The van der Waals surface area contributed by atoms with Gasteiger partial charge in [-0.15, -0.1) is 0 Å². The Hall–Kier alpha value is -5.86. The minimum atomic E-state index is -3.94. The van der Waals surface area contributed by atoms with Crippen LogP contribution in [0.25, 0.3) is 0 Å². The Kier molecular flexibility index (Phi) is 11.0. The molecule has 4 unspecified atom stereocenters. The van der Waals surface area contributed by atoms with Crippen molar-refractivity contribution in [3.8, 4) is 23.0 Å². The molecule has 0 fully saturated rings. The zero-order valence-electron chi connectivity index (χ0n) is 31.1. The van der Waals surface area contributed by atoms with Gasteiger partial charge in [0.1, 0.15) is 34.4 Å². The van der Waals surface area contributed by atoms with E-state index in [0.717, 1.165) is 0 Å². The zero-order chi connectivity index (χ0) is 39.5. The van der Waals surface area contributed by atoms with Gasteiger partial charge in [0, 0.05) is 11.1 Å². The Bertz CT molecular complexity index is 2260. The smallest absolute Gasteiger partial charge is 0.175 e. The van der Waals surface area contributed by atoms with Gasteiger partial charge in [0.2, 0.25) is 0 Å². The number of benzene rings is 5. The van der Waals surface area contributed by atoms with Crippen LogP contribution in [0.5, 0.6) is 23.0 Å². The molecule has 5 aromatic carbocycles. The number of oxime groups is 2. The topological polar surface area (TPSA) is 148 Å². The Morgan fingerprint density at radius 3 is 1.02 bits per heavy atom. The molecule has 290 valence electrons. The van der Waals surface area contributed by atoms with Crippen molar-refractivity contribution >= 4 is 31.1 Å². The van der Waals surface area contributed by atoms with Crippen molar-refractivity contribution in [2.24, 2.45) is 10.3 Å². The summed E-state index contributed by atoms with van der Waals surface area (Å²) in [6.07, 6.45) is -2.01. The lowest BCUT2D eigenvalue weighted by Crippen LogP contribution is -2.35. The third-order valence-corrected chi connectivity index (χ3v) is 13.8. The van der Waals surface area contributed by atoms with Gasteiger partial charge in [0.15, 0.2) is 42.4 Å². The normalized spacial score (nSPS) is 19.3. The fraction of sp³-hybridized carbons (Fsp3) is 0.238. The van der Waals surface area contributed by atoms with Crippen LogP contribution in [0, 0.1) is 0 Å². The van der Waals surface area contributed by atoms with Gasteiger partial charge in [0.05, 0.1) is 39.9 Å². The van der Waals surface area contributed by atoms with Crippen molar-refractivity contribution in [1.82, 2.24) is 0 Å². The first kappa shape index (κ1) is 38.4. The summed E-state index contributed by atoms with van der Waals surface area (Å²) in [6, 6.07) is 34.4. The summed E-state index contributed by atoms with van der Waals surface area (Å²) in [5, 5.41) is 6.30. The summed E-state index contributed by atoms with van der Waals surface area (Å²) in [6.45, 7) is 0. The van der Waals surface area contributed by atoms with Gasteiger partial charge in [-0.3, -0.25) is 0 Å². The highest BCUT2D eigenvalue weighted by Crippen LogP contribution is 2.40. The second-order valence-corrected chi connectivity index (χ2v) is 17.5. The van der Waals surface area contributed by atoms with E-state index in [4.69, 9.17) is 28.6 Å². The molecule has 0 aliphatic carbocycles. The minimum Gasteiger partial charge on any atom is -0.497 e. The Labute approximate surface area is 326 Å². The van der Waals surface area contributed by atoms with E-state index in [0.29, 0.717) is 56.4 Å². The first-order chi connectivity index (χ1) is 27.0. The van der Waals surface area contributed by atoms with E-state index in [-0.39, 0.29) is 22.9 Å². The molecule has 4 atom stereocenters. The van der Waals surface area contributed by atoms with E-state index >= 15 is 0 Å². The van der Waals surface area contributed by atoms with E-state index in [9.17, 15) is 16.8 Å². The zero-order valence-corrected chi connectivity index (χ0v) is 32.7. The van der Waals surface area contributed by atoms with Gasteiger partial charge in [-0.05, 0) is 95.1 Å². The molecule has 0 aromatic heterocycles. The number of ether oxygens (including phenoxy) is 4. The minimum absolute atomic E-state index is 0.261. The Balaban J connectivity index is 1.21. The molecule has 2 aliphatic heterocycles. The van der Waals surface area contributed by atoms with Crippen LogP contribution in [0.15, 0.2) is 132 Å². The van der Waals surface area contributed by atoms with Gasteiger partial charge in [-0.25, -0.2) is 16.8 Å². The predicted octanol–water partition coefficient (Wildman–Crippen LogP) is 6.64. The monoisotopic (exact) mass is 796 g/mol. The average molecular weight is 797 g/mol. The van der Waals surface area contributed by atoms with E-state index in [1.54, 1.807) is 150 Å². The van der Waals surface area contributed by atoms with Crippen LogP contribution in [0.2, 0.25) is 0 Å². The quantitative estimate of drug-likeness (QED) is 0.120. The third-order valence-electron chi connectivity index (χ3n) is 9.81. The van der Waals surface area contributed by atoms with Crippen LogP contribution in [0.3, 0.4) is 0 Å². The van der Waals surface area contributed by atoms with Crippen molar-refractivity contribution in [3.63, 3.8) is 0 Å². The summed E-state index contributed by atoms with van der Waals surface area (Å²) in [4.78, 5) is 11.9. The Morgan fingerprint density at radius 1 is 0.446 bits per heavy atom. The molecule has 0 spiro atoms. The molecular weight excluding hydrogens is 757 g/mol. The number of rotatable bonds is 14.